The van der Waals surface area contributed by atoms with Crippen LogP contribution in [0.4, 0.5) is 0 Å². The summed E-state index contributed by atoms with van der Waals surface area (Å²) in [6.45, 7) is 2.80. The number of hydrogen-bond donors (Lipinski definition) is 1. The summed E-state index contributed by atoms with van der Waals surface area (Å²) in [5, 5.41) is 3.97. The van der Waals surface area contributed by atoms with Gasteiger partial charge in [-0.3, -0.25) is 4.90 Å². The van der Waals surface area contributed by atoms with Gasteiger partial charge in [0, 0.05) is 19.1 Å². The molecule has 5 nitrogen and oxygen atoms in total. The van der Waals surface area contributed by atoms with Gasteiger partial charge in [-0.05, 0) is 30.9 Å². The molecule has 1 saturated carbocycles. The summed E-state index contributed by atoms with van der Waals surface area (Å²) < 4.78 is 5.27. The van der Waals surface area contributed by atoms with Crippen LogP contribution in [-0.4, -0.2) is 40.4 Å². The van der Waals surface area contributed by atoms with Crippen LogP contribution in [0.25, 0.3) is 0 Å². The lowest BCUT2D eigenvalue weighted by molar-refractivity contribution is 0.256. The predicted octanol–water partition coefficient (Wildman–Crippen LogP) is 1.10. The Morgan fingerprint density at radius 1 is 1.44 bits per heavy atom. The van der Waals surface area contributed by atoms with Gasteiger partial charge in [0.2, 0.25) is 5.89 Å². The first-order valence-corrected chi connectivity index (χ1v) is 7.94. The topological polar surface area (TPSA) is 68.2 Å². The first-order valence-electron chi connectivity index (χ1n) is 6.54. The fourth-order valence-electron chi connectivity index (χ4n) is 2.83. The summed E-state index contributed by atoms with van der Waals surface area (Å²) in [6, 6.07) is 0.325. The number of hydrogen-bond acceptors (Lipinski definition) is 6. The largest absolute Gasteiger partial charge is 0.338 e. The molecule has 0 bridgehead atoms. The van der Waals surface area contributed by atoms with Gasteiger partial charge in [0.15, 0.2) is 5.82 Å². The Hall–Kier alpha value is -0.590. The molecule has 2 atom stereocenters. The van der Waals surface area contributed by atoms with E-state index in [9.17, 15) is 0 Å². The van der Waals surface area contributed by atoms with Crippen LogP contribution in [0.15, 0.2) is 4.52 Å². The SMILES string of the molecule is CSCc1noc(CN2C[C@@H](N)[C@H](C3CC3)C2)n1. The van der Waals surface area contributed by atoms with Crippen LogP contribution in [0.1, 0.15) is 24.6 Å². The maximum absolute atomic E-state index is 6.21. The fourth-order valence-corrected chi connectivity index (χ4v) is 3.20. The third-order valence-corrected chi connectivity index (χ3v) is 4.40. The number of rotatable bonds is 5. The number of aromatic nitrogens is 2. The van der Waals surface area contributed by atoms with Gasteiger partial charge >= 0.3 is 0 Å². The number of likely N-dealkylation sites (tertiary alicyclic amines) is 1. The van der Waals surface area contributed by atoms with Gasteiger partial charge in [-0.25, -0.2) is 0 Å². The highest BCUT2D eigenvalue weighted by Crippen LogP contribution is 2.41. The number of nitrogens with zero attached hydrogens (tertiary/aromatic N) is 3. The van der Waals surface area contributed by atoms with Crippen LogP contribution in [0.3, 0.4) is 0 Å². The van der Waals surface area contributed by atoms with Gasteiger partial charge in [0.05, 0.1) is 12.3 Å². The Kier molecular flexibility index (Phi) is 3.59. The molecule has 100 valence electrons. The van der Waals surface area contributed by atoms with Gasteiger partial charge in [-0.2, -0.15) is 16.7 Å². The maximum atomic E-state index is 6.21. The highest BCUT2D eigenvalue weighted by Gasteiger charge is 2.40. The van der Waals surface area contributed by atoms with Crippen LogP contribution < -0.4 is 5.73 Å². The molecule has 0 spiro atoms. The van der Waals surface area contributed by atoms with Crippen LogP contribution in [-0.2, 0) is 12.3 Å². The number of nitrogens with two attached hydrogens (primary N) is 1. The Morgan fingerprint density at radius 3 is 3.00 bits per heavy atom. The minimum atomic E-state index is 0.325. The van der Waals surface area contributed by atoms with Crippen LogP contribution in [0.5, 0.6) is 0 Å². The van der Waals surface area contributed by atoms with E-state index in [0.717, 1.165) is 43.0 Å². The van der Waals surface area contributed by atoms with Gasteiger partial charge in [-0.15, -0.1) is 0 Å². The Morgan fingerprint density at radius 2 is 2.28 bits per heavy atom. The molecule has 1 aromatic heterocycles. The van der Waals surface area contributed by atoms with E-state index < -0.39 is 0 Å². The molecule has 0 amide bonds. The van der Waals surface area contributed by atoms with E-state index in [1.807, 2.05) is 6.26 Å². The van der Waals surface area contributed by atoms with E-state index in [1.54, 1.807) is 11.8 Å². The smallest absolute Gasteiger partial charge is 0.240 e. The molecule has 0 unspecified atom stereocenters. The molecule has 6 heteroatoms. The van der Waals surface area contributed by atoms with E-state index in [-0.39, 0.29) is 0 Å². The van der Waals surface area contributed by atoms with E-state index in [2.05, 4.69) is 15.0 Å². The zero-order valence-corrected chi connectivity index (χ0v) is 11.5. The van der Waals surface area contributed by atoms with Crippen LogP contribution in [0, 0.1) is 11.8 Å². The van der Waals surface area contributed by atoms with Crippen molar-refractivity contribution < 1.29 is 4.52 Å². The zero-order valence-electron chi connectivity index (χ0n) is 10.7. The Labute approximate surface area is 111 Å². The highest BCUT2D eigenvalue weighted by atomic mass is 32.2. The van der Waals surface area contributed by atoms with Gasteiger partial charge < -0.3 is 10.3 Å². The van der Waals surface area contributed by atoms with Crippen molar-refractivity contribution in [2.75, 3.05) is 19.3 Å². The minimum Gasteiger partial charge on any atom is -0.338 e. The van der Waals surface area contributed by atoms with E-state index in [4.69, 9.17) is 10.3 Å². The average molecular weight is 268 g/mol. The summed E-state index contributed by atoms with van der Waals surface area (Å²) in [5.74, 6) is 3.88. The molecule has 2 N–H and O–H groups in total. The Bertz CT molecular complexity index is 407. The zero-order chi connectivity index (χ0) is 12.5. The first-order chi connectivity index (χ1) is 8.76. The third-order valence-electron chi connectivity index (χ3n) is 3.86. The van der Waals surface area contributed by atoms with Gasteiger partial charge in [0.1, 0.15) is 0 Å². The lowest BCUT2D eigenvalue weighted by Gasteiger charge is -2.12. The summed E-state index contributed by atoms with van der Waals surface area (Å²) in [5.41, 5.74) is 6.21. The molecule has 2 fully saturated rings. The normalized spacial score (nSPS) is 29.0. The minimum absolute atomic E-state index is 0.325. The first kappa shape index (κ1) is 12.4. The quantitative estimate of drug-likeness (QED) is 0.862. The second kappa shape index (κ2) is 5.19. The Balaban J connectivity index is 1.56. The highest BCUT2D eigenvalue weighted by molar-refractivity contribution is 7.97. The predicted molar refractivity (Wildman–Crippen MR) is 71.0 cm³/mol. The number of thioether (sulfide) groups is 1. The summed E-state index contributed by atoms with van der Waals surface area (Å²) in [7, 11) is 0. The van der Waals surface area contributed by atoms with Crippen molar-refractivity contribution in [3.05, 3.63) is 11.7 Å². The molecule has 3 rings (SSSR count). The standard InChI is InChI=1S/C12H20N4OS/c1-18-7-11-14-12(17-15-11)6-16-4-9(8-2-3-8)10(13)5-16/h8-10H,2-7,13H2,1H3/t9-,10+/m0/s1. The summed E-state index contributed by atoms with van der Waals surface area (Å²) >= 11 is 1.71. The van der Waals surface area contributed by atoms with Crippen molar-refractivity contribution in [2.24, 2.45) is 17.6 Å². The van der Waals surface area contributed by atoms with Gasteiger partial charge in [-0.1, -0.05) is 5.16 Å². The molecule has 1 saturated heterocycles. The van der Waals surface area contributed by atoms with Crippen LogP contribution >= 0.6 is 11.8 Å². The monoisotopic (exact) mass is 268 g/mol. The molecular weight excluding hydrogens is 248 g/mol. The van der Waals surface area contributed by atoms with Crippen molar-refractivity contribution >= 4 is 11.8 Å². The lowest BCUT2D eigenvalue weighted by Crippen LogP contribution is -2.30. The summed E-state index contributed by atoms with van der Waals surface area (Å²) in [4.78, 5) is 6.74. The second-order valence-corrected chi connectivity index (χ2v) is 6.26. The molecule has 1 aliphatic heterocycles. The van der Waals surface area contributed by atoms with Crippen molar-refractivity contribution in [3.8, 4) is 0 Å². The molecule has 18 heavy (non-hydrogen) atoms. The van der Waals surface area contributed by atoms with Crippen molar-refractivity contribution in [2.45, 2.75) is 31.2 Å². The molecule has 2 heterocycles. The van der Waals surface area contributed by atoms with E-state index in [1.165, 1.54) is 12.8 Å². The van der Waals surface area contributed by atoms with E-state index >= 15 is 0 Å². The van der Waals surface area contributed by atoms with E-state index in [0.29, 0.717) is 12.0 Å². The van der Waals surface area contributed by atoms with Crippen molar-refractivity contribution in [3.63, 3.8) is 0 Å². The third kappa shape index (κ3) is 2.70. The van der Waals surface area contributed by atoms with Crippen molar-refractivity contribution in [1.82, 2.24) is 15.0 Å². The van der Waals surface area contributed by atoms with Crippen molar-refractivity contribution in [1.29, 1.82) is 0 Å². The summed E-state index contributed by atoms with van der Waals surface area (Å²) in [6.07, 6.45) is 4.77. The molecule has 1 aromatic rings. The molecule has 0 radical (unpaired) electrons. The molecule has 0 aromatic carbocycles. The lowest BCUT2D eigenvalue weighted by atomic mass is 9.99. The fraction of sp³-hybridized carbons (Fsp3) is 0.833. The maximum Gasteiger partial charge on any atom is 0.240 e. The molecule has 1 aliphatic carbocycles. The van der Waals surface area contributed by atoms with Crippen LogP contribution in [0.2, 0.25) is 0 Å². The second-order valence-electron chi connectivity index (χ2n) is 5.40. The average Bonchev–Trinajstić information content (AvgIpc) is 2.99. The molecule has 2 aliphatic rings. The molecular formula is C12H20N4OS. The van der Waals surface area contributed by atoms with Gasteiger partial charge in [0.25, 0.3) is 0 Å².